The van der Waals surface area contributed by atoms with E-state index in [2.05, 4.69) is 0 Å². The van der Waals surface area contributed by atoms with Crippen LogP contribution in [0.25, 0.3) is 11.1 Å². The van der Waals surface area contributed by atoms with Gasteiger partial charge >= 0.3 is 0 Å². The van der Waals surface area contributed by atoms with Crippen LogP contribution in [-0.4, -0.2) is 4.57 Å². The predicted molar refractivity (Wildman–Crippen MR) is 59.9 cm³/mol. The first-order valence-electron chi connectivity index (χ1n) is 4.92. The molecule has 0 aliphatic heterocycles. The number of benzene rings is 1. The highest BCUT2D eigenvalue weighted by Gasteiger charge is 2.05. The Morgan fingerprint density at radius 3 is 2.40 bits per heavy atom. The third kappa shape index (κ3) is 1.86. The highest BCUT2D eigenvalue weighted by Crippen LogP contribution is 2.26. The van der Waals surface area contributed by atoms with Crippen molar-refractivity contribution in [2.24, 2.45) is 0 Å². The van der Waals surface area contributed by atoms with Crippen LogP contribution in [0, 0.1) is 5.82 Å². The monoisotopic (exact) mass is 204 g/mol. The average molecular weight is 204 g/mol. The highest BCUT2D eigenvalue weighted by atomic mass is 19.1. The van der Waals surface area contributed by atoms with Crippen molar-refractivity contribution in [2.75, 3.05) is 5.73 Å². The molecule has 15 heavy (non-hydrogen) atoms. The Balaban J connectivity index is 2.44. The fourth-order valence-electron chi connectivity index (χ4n) is 1.58. The zero-order valence-corrected chi connectivity index (χ0v) is 8.57. The number of nitrogen functional groups attached to an aromatic ring is 1. The minimum Gasteiger partial charge on any atom is -0.397 e. The largest absolute Gasteiger partial charge is 0.397 e. The maximum atomic E-state index is 12.7. The maximum absolute atomic E-state index is 12.7. The first-order valence-corrected chi connectivity index (χ1v) is 4.92. The van der Waals surface area contributed by atoms with Crippen LogP contribution in [0.1, 0.15) is 6.92 Å². The van der Waals surface area contributed by atoms with Gasteiger partial charge in [0.1, 0.15) is 5.82 Å². The summed E-state index contributed by atoms with van der Waals surface area (Å²) >= 11 is 0. The summed E-state index contributed by atoms with van der Waals surface area (Å²) < 4.78 is 14.7. The molecule has 0 saturated carbocycles. The Morgan fingerprint density at radius 2 is 1.87 bits per heavy atom. The second-order valence-electron chi connectivity index (χ2n) is 3.46. The van der Waals surface area contributed by atoms with Crippen molar-refractivity contribution in [3.8, 4) is 11.1 Å². The smallest absolute Gasteiger partial charge is 0.123 e. The number of hydrogen-bond donors (Lipinski definition) is 1. The van der Waals surface area contributed by atoms with E-state index in [1.54, 1.807) is 12.1 Å². The summed E-state index contributed by atoms with van der Waals surface area (Å²) in [5.41, 5.74) is 8.50. The van der Waals surface area contributed by atoms with E-state index in [1.165, 1.54) is 12.1 Å². The van der Waals surface area contributed by atoms with Crippen molar-refractivity contribution >= 4 is 5.69 Å². The van der Waals surface area contributed by atoms with Gasteiger partial charge in [0, 0.05) is 24.5 Å². The third-order valence-corrected chi connectivity index (χ3v) is 2.43. The highest BCUT2D eigenvalue weighted by molar-refractivity contribution is 5.75. The number of halogens is 1. The van der Waals surface area contributed by atoms with Crippen molar-refractivity contribution in [3.05, 3.63) is 42.5 Å². The molecular weight excluding hydrogens is 191 g/mol. The molecule has 0 aliphatic rings. The predicted octanol–water partition coefficient (Wildman–Crippen LogP) is 2.90. The topological polar surface area (TPSA) is 30.9 Å². The Morgan fingerprint density at radius 1 is 1.20 bits per heavy atom. The van der Waals surface area contributed by atoms with Crippen LogP contribution in [0.3, 0.4) is 0 Å². The Hall–Kier alpha value is -1.77. The molecule has 0 aliphatic carbocycles. The van der Waals surface area contributed by atoms with Crippen LogP contribution < -0.4 is 5.73 Å². The lowest BCUT2D eigenvalue weighted by molar-refractivity contribution is 0.628. The molecule has 1 aromatic heterocycles. The molecule has 0 unspecified atom stereocenters. The molecule has 78 valence electrons. The molecule has 0 fully saturated rings. The summed E-state index contributed by atoms with van der Waals surface area (Å²) in [5, 5.41) is 0. The van der Waals surface area contributed by atoms with Crippen molar-refractivity contribution in [2.45, 2.75) is 13.5 Å². The molecule has 0 atom stereocenters. The van der Waals surface area contributed by atoms with Crippen molar-refractivity contribution in [3.63, 3.8) is 0 Å². The molecule has 0 radical (unpaired) electrons. The minimum atomic E-state index is -0.229. The first-order chi connectivity index (χ1) is 7.20. The van der Waals surface area contributed by atoms with Crippen LogP contribution in [0.15, 0.2) is 36.7 Å². The quantitative estimate of drug-likeness (QED) is 0.801. The standard InChI is InChI=1S/C12H13FN2/c1-2-15-7-11(12(14)8-15)9-3-5-10(13)6-4-9/h3-8H,2,14H2,1H3. The minimum absolute atomic E-state index is 0.229. The van der Waals surface area contributed by atoms with Gasteiger partial charge in [0.15, 0.2) is 0 Å². The van der Waals surface area contributed by atoms with Gasteiger partial charge < -0.3 is 10.3 Å². The van der Waals surface area contributed by atoms with E-state index in [0.29, 0.717) is 0 Å². The Kier molecular flexibility index (Phi) is 2.46. The molecule has 0 saturated heterocycles. The number of aryl methyl sites for hydroxylation is 1. The van der Waals surface area contributed by atoms with Gasteiger partial charge in [0.05, 0.1) is 5.69 Å². The Bertz CT molecular complexity index is 457. The number of hydrogen-bond acceptors (Lipinski definition) is 1. The van der Waals surface area contributed by atoms with Crippen LogP contribution in [-0.2, 0) is 6.54 Å². The fourth-order valence-corrected chi connectivity index (χ4v) is 1.58. The Labute approximate surface area is 88.1 Å². The molecule has 1 heterocycles. The number of nitrogens with two attached hydrogens (primary N) is 1. The summed E-state index contributed by atoms with van der Waals surface area (Å²) in [7, 11) is 0. The molecule has 0 bridgehead atoms. The van der Waals surface area contributed by atoms with E-state index in [1.807, 2.05) is 23.9 Å². The summed E-state index contributed by atoms with van der Waals surface area (Å²) in [6.45, 7) is 2.93. The van der Waals surface area contributed by atoms with Crippen LogP contribution >= 0.6 is 0 Å². The molecular formula is C12H13FN2. The second-order valence-corrected chi connectivity index (χ2v) is 3.46. The molecule has 1 aromatic carbocycles. The zero-order chi connectivity index (χ0) is 10.8. The average Bonchev–Trinajstić information content (AvgIpc) is 2.61. The number of anilines is 1. The van der Waals surface area contributed by atoms with Gasteiger partial charge in [-0.05, 0) is 24.6 Å². The van der Waals surface area contributed by atoms with Gasteiger partial charge in [0.25, 0.3) is 0 Å². The van der Waals surface area contributed by atoms with Gasteiger partial charge in [-0.3, -0.25) is 0 Å². The summed E-state index contributed by atoms with van der Waals surface area (Å²) in [4.78, 5) is 0. The molecule has 2 N–H and O–H groups in total. The van der Waals surface area contributed by atoms with Crippen molar-refractivity contribution in [1.29, 1.82) is 0 Å². The molecule has 0 spiro atoms. The number of rotatable bonds is 2. The molecule has 2 aromatic rings. The lowest BCUT2D eigenvalue weighted by Gasteiger charge is -1.99. The van der Waals surface area contributed by atoms with Gasteiger partial charge in [-0.1, -0.05) is 12.1 Å². The molecule has 0 amide bonds. The third-order valence-electron chi connectivity index (χ3n) is 2.43. The normalized spacial score (nSPS) is 10.5. The van der Waals surface area contributed by atoms with E-state index in [-0.39, 0.29) is 5.82 Å². The molecule has 2 rings (SSSR count). The van der Waals surface area contributed by atoms with E-state index in [0.717, 1.165) is 23.4 Å². The maximum Gasteiger partial charge on any atom is 0.123 e. The van der Waals surface area contributed by atoms with Crippen LogP contribution in [0.5, 0.6) is 0 Å². The summed E-state index contributed by atoms with van der Waals surface area (Å²) in [6.07, 6.45) is 3.86. The van der Waals surface area contributed by atoms with E-state index in [4.69, 9.17) is 5.73 Å². The number of nitrogens with zero attached hydrogens (tertiary/aromatic N) is 1. The van der Waals surface area contributed by atoms with Gasteiger partial charge in [-0.15, -0.1) is 0 Å². The van der Waals surface area contributed by atoms with E-state index in [9.17, 15) is 4.39 Å². The van der Waals surface area contributed by atoms with E-state index >= 15 is 0 Å². The zero-order valence-electron chi connectivity index (χ0n) is 8.57. The molecule has 3 heteroatoms. The van der Waals surface area contributed by atoms with Gasteiger partial charge in [-0.25, -0.2) is 4.39 Å². The number of aromatic nitrogens is 1. The van der Waals surface area contributed by atoms with E-state index < -0.39 is 0 Å². The van der Waals surface area contributed by atoms with Crippen molar-refractivity contribution < 1.29 is 4.39 Å². The van der Waals surface area contributed by atoms with Gasteiger partial charge in [-0.2, -0.15) is 0 Å². The van der Waals surface area contributed by atoms with Crippen LogP contribution in [0.4, 0.5) is 10.1 Å². The molecule has 2 nitrogen and oxygen atoms in total. The lowest BCUT2D eigenvalue weighted by Crippen LogP contribution is -1.87. The first kappa shape index (κ1) is 9.77. The summed E-state index contributed by atoms with van der Waals surface area (Å²) in [6, 6.07) is 6.36. The lowest BCUT2D eigenvalue weighted by atomic mass is 10.1. The fraction of sp³-hybridized carbons (Fsp3) is 0.167. The summed E-state index contributed by atoms with van der Waals surface area (Å²) in [5.74, 6) is -0.229. The second kappa shape index (κ2) is 3.77. The van der Waals surface area contributed by atoms with Crippen molar-refractivity contribution in [1.82, 2.24) is 4.57 Å². The van der Waals surface area contributed by atoms with Crippen LogP contribution in [0.2, 0.25) is 0 Å². The van der Waals surface area contributed by atoms with Gasteiger partial charge in [0.2, 0.25) is 0 Å². The SMILES string of the molecule is CCn1cc(N)c(-c2ccc(F)cc2)c1.